The van der Waals surface area contributed by atoms with Gasteiger partial charge < -0.3 is 20.1 Å². The third kappa shape index (κ3) is 5.75. The average Bonchev–Trinajstić information content (AvgIpc) is 2.42. The number of anilines is 1. The fraction of sp³-hybridized carbons (Fsp3) is 0.400. The largest absolute Gasteiger partial charge is 0.489 e. The molecule has 1 aromatic carbocycles. The molecule has 0 bridgehead atoms. The Hall–Kier alpha value is -2.01. The van der Waals surface area contributed by atoms with Gasteiger partial charge in [-0.25, -0.2) is 4.79 Å². The molecule has 0 saturated heterocycles. The van der Waals surface area contributed by atoms with Gasteiger partial charge in [-0.1, -0.05) is 18.7 Å². The summed E-state index contributed by atoms with van der Waals surface area (Å²) in [6, 6.07) is 6.96. The summed E-state index contributed by atoms with van der Waals surface area (Å²) in [6.07, 6.45) is 1.79. The van der Waals surface area contributed by atoms with Gasteiger partial charge in [-0.2, -0.15) is 0 Å². The van der Waals surface area contributed by atoms with Crippen LogP contribution in [-0.2, 0) is 0 Å². The number of nitrogens with one attached hydrogen (secondary N) is 1. The standard InChI is InChI=1S/C15H22N2O3/c1-4-10-20-14-7-5-6-13(11-14)16-15(19)17(3)9-8-12(2)18/h4-7,11-12,18H,1,8-10H2,2-3H3,(H,16,19). The number of carbonyl (C=O) groups is 1. The molecular formula is C15H22N2O3. The molecule has 0 aliphatic heterocycles. The number of aliphatic hydroxyl groups is 1. The van der Waals surface area contributed by atoms with Crippen LogP contribution in [0, 0.1) is 0 Å². The molecule has 0 radical (unpaired) electrons. The van der Waals surface area contributed by atoms with Crippen molar-refractivity contribution in [2.24, 2.45) is 0 Å². The van der Waals surface area contributed by atoms with Crippen molar-refractivity contribution in [3.05, 3.63) is 36.9 Å². The highest BCUT2D eigenvalue weighted by molar-refractivity contribution is 5.89. The summed E-state index contributed by atoms with van der Waals surface area (Å²) >= 11 is 0. The average molecular weight is 278 g/mol. The van der Waals surface area contributed by atoms with E-state index in [2.05, 4.69) is 11.9 Å². The molecule has 5 heteroatoms. The summed E-state index contributed by atoms with van der Waals surface area (Å²) in [5, 5.41) is 12.0. The molecule has 2 N–H and O–H groups in total. The zero-order valence-electron chi connectivity index (χ0n) is 12.0. The highest BCUT2D eigenvalue weighted by Crippen LogP contribution is 2.17. The predicted octanol–water partition coefficient (Wildman–Crippen LogP) is 2.49. The highest BCUT2D eigenvalue weighted by atomic mass is 16.5. The van der Waals surface area contributed by atoms with E-state index in [0.29, 0.717) is 31.0 Å². The number of carbonyl (C=O) groups excluding carboxylic acids is 1. The van der Waals surface area contributed by atoms with Crippen molar-refractivity contribution in [3.8, 4) is 5.75 Å². The molecule has 1 unspecified atom stereocenters. The van der Waals surface area contributed by atoms with Gasteiger partial charge in [0.05, 0.1) is 6.10 Å². The number of ether oxygens (including phenoxy) is 1. The molecule has 1 aromatic rings. The van der Waals surface area contributed by atoms with E-state index in [1.54, 1.807) is 32.2 Å². The molecule has 0 fully saturated rings. The Kier molecular flexibility index (Phi) is 6.59. The maximum Gasteiger partial charge on any atom is 0.321 e. The lowest BCUT2D eigenvalue weighted by Gasteiger charge is -2.19. The van der Waals surface area contributed by atoms with Crippen LogP contribution in [0.1, 0.15) is 13.3 Å². The highest BCUT2D eigenvalue weighted by Gasteiger charge is 2.10. The molecule has 0 spiro atoms. The molecule has 0 saturated carbocycles. The lowest BCUT2D eigenvalue weighted by Crippen LogP contribution is -2.33. The van der Waals surface area contributed by atoms with E-state index in [1.807, 2.05) is 12.1 Å². The minimum Gasteiger partial charge on any atom is -0.489 e. The Morgan fingerprint density at radius 3 is 3.00 bits per heavy atom. The molecule has 0 aromatic heterocycles. The van der Waals surface area contributed by atoms with Crippen LogP contribution < -0.4 is 10.1 Å². The first kappa shape index (κ1) is 16.0. The van der Waals surface area contributed by atoms with Crippen molar-refractivity contribution < 1.29 is 14.6 Å². The molecule has 110 valence electrons. The van der Waals surface area contributed by atoms with Crippen LogP contribution in [0.3, 0.4) is 0 Å². The Balaban J connectivity index is 2.54. The molecule has 0 aliphatic rings. The lowest BCUT2D eigenvalue weighted by atomic mass is 10.3. The van der Waals surface area contributed by atoms with Gasteiger partial charge in [-0.15, -0.1) is 0 Å². The summed E-state index contributed by atoms with van der Waals surface area (Å²) in [5.74, 6) is 0.675. The maximum absolute atomic E-state index is 11.9. The van der Waals surface area contributed by atoms with Gasteiger partial charge in [0.1, 0.15) is 12.4 Å². The second kappa shape index (κ2) is 8.22. The van der Waals surface area contributed by atoms with Gasteiger partial charge in [-0.05, 0) is 25.5 Å². The first-order chi connectivity index (χ1) is 9.52. The molecule has 1 atom stereocenters. The van der Waals surface area contributed by atoms with Crippen molar-refractivity contribution in [2.45, 2.75) is 19.4 Å². The first-order valence-corrected chi connectivity index (χ1v) is 6.57. The molecule has 0 aliphatic carbocycles. The Bertz CT molecular complexity index is 446. The monoisotopic (exact) mass is 278 g/mol. The molecule has 5 nitrogen and oxygen atoms in total. The quantitative estimate of drug-likeness (QED) is 0.753. The number of hydrogen-bond acceptors (Lipinski definition) is 3. The zero-order chi connectivity index (χ0) is 15.0. The lowest BCUT2D eigenvalue weighted by molar-refractivity contribution is 0.167. The Morgan fingerprint density at radius 1 is 1.60 bits per heavy atom. The van der Waals surface area contributed by atoms with E-state index < -0.39 is 6.10 Å². The summed E-state index contributed by atoms with van der Waals surface area (Å²) in [5.41, 5.74) is 0.667. The number of hydrogen-bond donors (Lipinski definition) is 2. The molecule has 20 heavy (non-hydrogen) atoms. The smallest absolute Gasteiger partial charge is 0.321 e. The van der Waals surface area contributed by atoms with Crippen molar-refractivity contribution in [1.82, 2.24) is 4.90 Å². The van der Waals surface area contributed by atoms with E-state index >= 15 is 0 Å². The van der Waals surface area contributed by atoms with Crippen molar-refractivity contribution in [1.29, 1.82) is 0 Å². The minimum atomic E-state index is -0.416. The van der Waals surface area contributed by atoms with Gasteiger partial charge >= 0.3 is 6.03 Å². The number of aliphatic hydroxyl groups excluding tert-OH is 1. The fourth-order valence-electron chi connectivity index (χ4n) is 1.52. The number of amides is 2. The molecule has 2 amide bonds. The number of nitrogens with zero attached hydrogens (tertiary/aromatic N) is 1. The van der Waals surface area contributed by atoms with E-state index in [-0.39, 0.29) is 6.03 Å². The third-order valence-corrected chi connectivity index (χ3v) is 2.68. The van der Waals surface area contributed by atoms with Gasteiger partial charge in [0.15, 0.2) is 0 Å². The SMILES string of the molecule is C=CCOc1cccc(NC(=O)N(C)CCC(C)O)c1. The van der Waals surface area contributed by atoms with Crippen molar-refractivity contribution in [2.75, 3.05) is 25.5 Å². The number of urea groups is 1. The summed E-state index contributed by atoms with van der Waals surface area (Å²) in [4.78, 5) is 13.5. The van der Waals surface area contributed by atoms with Crippen molar-refractivity contribution >= 4 is 11.7 Å². The van der Waals surface area contributed by atoms with Crippen LogP contribution in [0.15, 0.2) is 36.9 Å². The van der Waals surface area contributed by atoms with Gasteiger partial charge in [-0.3, -0.25) is 0 Å². The number of rotatable bonds is 7. The molecule has 1 rings (SSSR count). The maximum atomic E-state index is 11.9. The third-order valence-electron chi connectivity index (χ3n) is 2.68. The molecular weight excluding hydrogens is 256 g/mol. The van der Waals surface area contributed by atoms with E-state index in [4.69, 9.17) is 4.74 Å². The van der Waals surface area contributed by atoms with Crippen LogP contribution in [0.2, 0.25) is 0 Å². The minimum absolute atomic E-state index is 0.216. The van der Waals surface area contributed by atoms with Gasteiger partial charge in [0.2, 0.25) is 0 Å². The van der Waals surface area contributed by atoms with Gasteiger partial charge in [0.25, 0.3) is 0 Å². The summed E-state index contributed by atoms with van der Waals surface area (Å²) in [6.45, 7) is 6.20. The van der Waals surface area contributed by atoms with Crippen molar-refractivity contribution in [3.63, 3.8) is 0 Å². The predicted molar refractivity (Wildman–Crippen MR) is 80.1 cm³/mol. The van der Waals surface area contributed by atoms with Crippen LogP contribution in [0.5, 0.6) is 5.75 Å². The van der Waals surface area contributed by atoms with Crippen LogP contribution >= 0.6 is 0 Å². The number of benzene rings is 1. The normalized spacial score (nSPS) is 11.6. The second-order valence-electron chi connectivity index (χ2n) is 4.62. The molecule has 0 heterocycles. The zero-order valence-corrected chi connectivity index (χ0v) is 12.0. The summed E-state index contributed by atoms with van der Waals surface area (Å²) in [7, 11) is 1.69. The summed E-state index contributed by atoms with van der Waals surface area (Å²) < 4.78 is 5.40. The fourth-order valence-corrected chi connectivity index (χ4v) is 1.52. The van der Waals surface area contributed by atoms with Crippen LogP contribution in [-0.4, -0.2) is 42.3 Å². The van der Waals surface area contributed by atoms with Gasteiger partial charge in [0, 0.05) is 25.3 Å². The Labute approximate surface area is 119 Å². The first-order valence-electron chi connectivity index (χ1n) is 6.57. The topological polar surface area (TPSA) is 61.8 Å². The van der Waals surface area contributed by atoms with E-state index in [1.165, 1.54) is 4.90 Å². The van der Waals surface area contributed by atoms with E-state index in [9.17, 15) is 9.90 Å². The van der Waals surface area contributed by atoms with E-state index in [0.717, 1.165) is 0 Å². The Morgan fingerprint density at radius 2 is 2.35 bits per heavy atom. The van der Waals surface area contributed by atoms with Crippen LogP contribution in [0.25, 0.3) is 0 Å². The van der Waals surface area contributed by atoms with Crippen LogP contribution in [0.4, 0.5) is 10.5 Å². The second-order valence-corrected chi connectivity index (χ2v) is 4.62.